The standard InChI is InChI=1S/C19H30O/c1-4-5-6-16-8-10-17(11-9-16)19(20)18-12-7-14(2)13-15(18)3/h7,12-13,16-17,19-20H,4-6,8-11H2,1-3H3. The van der Waals surface area contributed by atoms with Crippen LogP contribution in [0.4, 0.5) is 0 Å². The molecule has 2 rings (SSSR count). The molecule has 1 heteroatoms. The van der Waals surface area contributed by atoms with Gasteiger partial charge in [-0.05, 0) is 49.7 Å². The molecule has 1 aliphatic rings. The molecule has 1 aromatic carbocycles. The van der Waals surface area contributed by atoms with Crippen molar-refractivity contribution in [2.75, 3.05) is 0 Å². The summed E-state index contributed by atoms with van der Waals surface area (Å²) in [5.74, 6) is 1.38. The zero-order valence-corrected chi connectivity index (χ0v) is 13.4. The van der Waals surface area contributed by atoms with E-state index >= 15 is 0 Å². The summed E-state index contributed by atoms with van der Waals surface area (Å²) in [6.45, 7) is 6.51. The van der Waals surface area contributed by atoms with Crippen molar-refractivity contribution in [3.63, 3.8) is 0 Å². The molecule has 0 radical (unpaired) electrons. The lowest BCUT2D eigenvalue weighted by molar-refractivity contribution is 0.0715. The van der Waals surface area contributed by atoms with Gasteiger partial charge < -0.3 is 5.11 Å². The summed E-state index contributed by atoms with van der Waals surface area (Å²) in [4.78, 5) is 0. The van der Waals surface area contributed by atoms with Crippen molar-refractivity contribution in [2.45, 2.75) is 71.8 Å². The molecule has 1 saturated carbocycles. The fraction of sp³-hybridized carbons (Fsp3) is 0.684. The van der Waals surface area contributed by atoms with Gasteiger partial charge in [0.2, 0.25) is 0 Å². The van der Waals surface area contributed by atoms with Crippen LogP contribution in [0.1, 0.15) is 74.7 Å². The smallest absolute Gasteiger partial charge is 0.0820 e. The lowest BCUT2D eigenvalue weighted by atomic mass is 9.76. The second kappa shape index (κ2) is 7.26. The summed E-state index contributed by atoms with van der Waals surface area (Å²) in [5.41, 5.74) is 3.67. The number of unbranched alkanes of at least 4 members (excludes halogenated alkanes) is 1. The Bertz CT molecular complexity index is 416. The van der Waals surface area contributed by atoms with E-state index in [4.69, 9.17) is 0 Å². The molecule has 1 unspecified atom stereocenters. The van der Waals surface area contributed by atoms with Gasteiger partial charge in [-0.15, -0.1) is 0 Å². The average molecular weight is 274 g/mol. The molecule has 0 bridgehead atoms. The Morgan fingerprint density at radius 3 is 2.45 bits per heavy atom. The van der Waals surface area contributed by atoms with Crippen LogP contribution in [0.2, 0.25) is 0 Å². The van der Waals surface area contributed by atoms with Crippen LogP contribution in [0.15, 0.2) is 18.2 Å². The van der Waals surface area contributed by atoms with E-state index < -0.39 is 0 Å². The number of hydrogen-bond acceptors (Lipinski definition) is 1. The number of hydrogen-bond donors (Lipinski definition) is 1. The Morgan fingerprint density at radius 2 is 1.85 bits per heavy atom. The van der Waals surface area contributed by atoms with Crippen molar-refractivity contribution in [1.29, 1.82) is 0 Å². The lowest BCUT2D eigenvalue weighted by Crippen LogP contribution is -2.21. The third-order valence-electron chi connectivity index (χ3n) is 5.05. The monoisotopic (exact) mass is 274 g/mol. The lowest BCUT2D eigenvalue weighted by Gasteiger charge is -2.32. The van der Waals surface area contributed by atoms with E-state index in [0.717, 1.165) is 11.5 Å². The second-order valence-electron chi connectivity index (χ2n) is 6.73. The van der Waals surface area contributed by atoms with Crippen molar-refractivity contribution in [1.82, 2.24) is 0 Å². The first-order chi connectivity index (χ1) is 9.61. The average Bonchev–Trinajstić information content (AvgIpc) is 2.45. The van der Waals surface area contributed by atoms with E-state index in [1.165, 1.54) is 56.1 Å². The minimum atomic E-state index is -0.261. The molecule has 0 aliphatic heterocycles. The second-order valence-corrected chi connectivity index (χ2v) is 6.73. The van der Waals surface area contributed by atoms with Crippen LogP contribution in [0.25, 0.3) is 0 Å². The van der Waals surface area contributed by atoms with Crippen molar-refractivity contribution < 1.29 is 5.11 Å². The molecule has 0 aromatic heterocycles. The molecule has 112 valence electrons. The van der Waals surface area contributed by atoms with Crippen LogP contribution >= 0.6 is 0 Å². The molecule has 0 heterocycles. The van der Waals surface area contributed by atoms with Crippen molar-refractivity contribution >= 4 is 0 Å². The van der Waals surface area contributed by atoms with E-state index in [9.17, 15) is 5.11 Å². The van der Waals surface area contributed by atoms with E-state index in [1.807, 2.05) is 0 Å². The summed E-state index contributed by atoms with van der Waals surface area (Å²) in [6.07, 6.45) is 8.83. The highest BCUT2D eigenvalue weighted by atomic mass is 16.3. The maximum Gasteiger partial charge on any atom is 0.0820 e. The first-order valence-corrected chi connectivity index (χ1v) is 8.37. The van der Waals surface area contributed by atoms with Crippen LogP contribution in [0.5, 0.6) is 0 Å². The first-order valence-electron chi connectivity index (χ1n) is 8.37. The van der Waals surface area contributed by atoms with E-state index in [0.29, 0.717) is 5.92 Å². The number of aliphatic hydroxyl groups excluding tert-OH is 1. The maximum atomic E-state index is 10.7. The summed E-state index contributed by atoms with van der Waals surface area (Å²) in [5, 5.41) is 10.7. The third kappa shape index (κ3) is 3.85. The first kappa shape index (κ1) is 15.6. The predicted molar refractivity (Wildman–Crippen MR) is 85.8 cm³/mol. The summed E-state index contributed by atoms with van der Waals surface area (Å²) < 4.78 is 0. The molecule has 1 aromatic rings. The zero-order chi connectivity index (χ0) is 14.5. The molecule has 1 fully saturated rings. The Kier molecular flexibility index (Phi) is 5.65. The Morgan fingerprint density at radius 1 is 1.15 bits per heavy atom. The van der Waals surface area contributed by atoms with Gasteiger partial charge in [0.15, 0.2) is 0 Å². The normalized spacial score (nSPS) is 24.6. The number of aliphatic hydroxyl groups is 1. The highest BCUT2D eigenvalue weighted by Gasteiger charge is 2.27. The van der Waals surface area contributed by atoms with E-state index in [-0.39, 0.29) is 6.10 Å². The molecule has 20 heavy (non-hydrogen) atoms. The van der Waals surface area contributed by atoms with Gasteiger partial charge in [0.05, 0.1) is 6.10 Å². The van der Waals surface area contributed by atoms with Crippen LogP contribution < -0.4 is 0 Å². The van der Waals surface area contributed by atoms with Crippen molar-refractivity contribution in [3.05, 3.63) is 34.9 Å². The quantitative estimate of drug-likeness (QED) is 0.769. The molecule has 0 amide bonds. The van der Waals surface area contributed by atoms with Crippen LogP contribution in [-0.2, 0) is 0 Å². The Labute approximate surface area is 124 Å². The molecule has 1 nitrogen and oxygen atoms in total. The van der Waals surface area contributed by atoms with Gasteiger partial charge in [-0.2, -0.15) is 0 Å². The van der Waals surface area contributed by atoms with Gasteiger partial charge in [0, 0.05) is 0 Å². The zero-order valence-electron chi connectivity index (χ0n) is 13.4. The number of aryl methyl sites for hydroxylation is 2. The topological polar surface area (TPSA) is 20.2 Å². The highest BCUT2D eigenvalue weighted by molar-refractivity contribution is 5.32. The Hall–Kier alpha value is -0.820. The minimum absolute atomic E-state index is 0.261. The summed E-state index contributed by atoms with van der Waals surface area (Å²) in [7, 11) is 0. The van der Waals surface area contributed by atoms with Gasteiger partial charge in [0.25, 0.3) is 0 Å². The van der Waals surface area contributed by atoms with Crippen LogP contribution in [0.3, 0.4) is 0 Å². The largest absolute Gasteiger partial charge is 0.388 e. The number of benzene rings is 1. The summed E-state index contributed by atoms with van der Waals surface area (Å²) >= 11 is 0. The SMILES string of the molecule is CCCCC1CCC(C(O)c2ccc(C)cc2C)CC1. The molecular weight excluding hydrogens is 244 g/mol. The van der Waals surface area contributed by atoms with E-state index in [1.54, 1.807) is 0 Å². The van der Waals surface area contributed by atoms with Gasteiger partial charge in [-0.1, -0.05) is 62.8 Å². The molecule has 0 spiro atoms. The fourth-order valence-electron chi connectivity index (χ4n) is 3.70. The number of rotatable bonds is 5. The third-order valence-corrected chi connectivity index (χ3v) is 5.05. The fourth-order valence-corrected chi connectivity index (χ4v) is 3.70. The molecular formula is C19H30O. The minimum Gasteiger partial charge on any atom is -0.388 e. The molecule has 1 aliphatic carbocycles. The van der Waals surface area contributed by atoms with Gasteiger partial charge in [-0.3, -0.25) is 0 Å². The molecule has 0 saturated heterocycles. The van der Waals surface area contributed by atoms with Crippen molar-refractivity contribution in [2.24, 2.45) is 11.8 Å². The van der Waals surface area contributed by atoms with E-state index in [2.05, 4.69) is 39.0 Å². The van der Waals surface area contributed by atoms with Crippen molar-refractivity contribution in [3.8, 4) is 0 Å². The predicted octanol–water partition coefficient (Wildman–Crippen LogP) is 5.33. The van der Waals surface area contributed by atoms with Gasteiger partial charge in [0.1, 0.15) is 0 Å². The van der Waals surface area contributed by atoms with Gasteiger partial charge >= 0.3 is 0 Å². The highest BCUT2D eigenvalue weighted by Crippen LogP contribution is 2.39. The van der Waals surface area contributed by atoms with Gasteiger partial charge in [-0.25, -0.2) is 0 Å². The van der Waals surface area contributed by atoms with Crippen LogP contribution in [0, 0.1) is 25.7 Å². The maximum absolute atomic E-state index is 10.7. The van der Waals surface area contributed by atoms with Crippen LogP contribution in [-0.4, -0.2) is 5.11 Å². The summed E-state index contributed by atoms with van der Waals surface area (Å²) in [6, 6.07) is 6.43. The Balaban J connectivity index is 1.92. The molecule has 1 N–H and O–H groups in total. The molecule has 1 atom stereocenters.